The van der Waals surface area contributed by atoms with E-state index in [2.05, 4.69) is 15.4 Å². The van der Waals surface area contributed by atoms with Gasteiger partial charge in [0.1, 0.15) is 0 Å². The molecule has 0 fully saturated rings. The van der Waals surface area contributed by atoms with E-state index in [9.17, 15) is 0 Å². The molecule has 0 aliphatic rings. The first-order chi connectivity index (χ1) is 6.86. The molecule has 14 heavy (non-hydrogen) atoms. The van der Waals surface area contributed by atoms with Crippen molar-refractivity contribution in [3.8, 4) is 0 Å². The third-order valence-electron chi connectivity index (χ3n) is 1.53. The zero-order valence-electron chi connectivity index (χ0n) is 8.06. The zero-order valence-corrected chi connectivity index (χ0v) is 8.88. The van der Waals surface area contributed by atoms with E-state index < -0.39 is 0 Å². The molecule has 0 radical (unpaired) electrons. The summed E-state index contributed by atoms with van der Waals surface area (Å²) >= 11 is 1.77. The minimum absolute atomic E-state index is 0.579. The van der Waals surface area contributed by atoms with E-state index in [-0.39, 0.29) is 0 Å². The van der Waals surface area contributed by atoms with Crippen molar-refractivity contribution in [1.82, 2.24) is 9.97 Å². The van der Waals surface area contributed by atoms with E-state index in [1.807, 2.05) is 0 Å². The number of nitrogens with one attached hydrogen (secondary N) is 1. The molecule has 0 aliphatic heterocycles. The third-order valence-corrected chi connectivity index (χ3v) is 2.49. The van der Waals surface area contributed by atoms with Gasteiger partial charge in [0.25, 0.3) is 0 Å². The molecule has 5 nitrogen and oxygen atoms in total. The largest absolute Gasteiger partial charge is 0.384 e. The van der Waals surface area contributed by atoms with E-state index in [1.54, 1.807) is 31.3 Å². The Morgan fingerprint density at radius 3 is 2.93 bits per heavy atom. The minimum atomic E-state index is 0.579. The molecule has 1 rings (SSSR count). The Morgan fingerprint density at radius 2 is 2.36 bits per heavy atom. The number of nitrogens with two attached hydrogens (primary N) is 1. The monoisotopic (exact) mass is 214 g/mol. The molecule has 1 heterocycles. The Balaban J connectivity index is 2.29. The molecule has 1 aromatic rings. The number of methoxy groups -OCH3 is 1. The lowest BCUT2D eigenvalue weighted by molar-refractivity contribution is 0.218. The van der Waals surface area contributed by atoms with Crippen LogP contribution in [0.1, 0.15) is 5.69 Å². The maximum atomic E-state index is 5.17. The SMILES string of the molecule is COCCSCc1cnc(NN)cn1. The summed E-state index contributed by atoms with van der Waals surface area (Å²) in [6.45, 7) is 0.764. The number of nitrogen functional groups attached to an aromatic ring is 1. The van der Waals surface area contributed by atoms with Gasteiger partial charge in [0.2, 0.25) is 0 Å². The zero-order chi connectivity index (χ0) is 10.2. The fourth-order valence-electron chi connectivity index (χ4n) is 0.823. The summed E-state index contributed by atoms with van der Waals surface area (Å²) in [7, 11) is 1.70. The molecule has 0 atom stereocenters. The Hall–Kier alpha value is -0.850. The van der Waals surface area contributed by atoms with Crippen LogP contribution in [0.5, 0.6) is 0 Å². The van der Waals surface area contributed by atoms with Crippen molar-refractivity contribution < 1.29 is 4.74 Å². The van der Waals surface area contributed by atoms with Gasteiger partial charge in [0.15, 0.2) is 5.82 Å². The number of hydrazine groups is 1. The number of rotatable bonds is 6. The Labute approximate surface area is 87.4 Å². The second-order valence-corrected chi connectivity index (χ2v) is 3.69. The van der Waals surface area contributed by atoms with E-state index in [1.165, 1.54) is 0 Å². The van der Waals surface area contributed by atoms with E-state index >= 15 is 0 Å². The van der Waals surface area contributed by atoms with Gasteiger partial charge in [-0.15, -0.1) is 0 Å². The van der Waals surface area contributed by atoms with E-state index in [0.717, 1.165) is 23.8 Å². The van der Waals surface area contributed by atoms with Gasteiger partial charge in [-0.2, -0.15) is 11.8 Å². The third kappa shape index (κ3) is 3.91. The fourth-order valence-corrected chi connectivity index (χ4v) is 1.61. The summed E-state index contributed by atoms with van der Waals surface area (Å²) in [5.74, 6) is 7.56. The van der Waals surface area contributed by atoms with Crippen LogP contribution >= 0.6 is 11.8 Å². The van der Waals surface area contributed by atoms with E-state index in [0.29, 0.717) is 5.82 Å². The molecular weight excluding hydrogens is 200 g/mol. The molecule has 78 valence electrons. The predicted molar refractivity (Wildman–Crippen MR) is 57.9 cm³/mol. The maximum absolute atomic E-state index is 5.17. The molecule has 1 aromatic heterocycles. The van der Waals surface area contributed by atoms with Gasteiger partial charge in [0, 0.05) is 18.6 Å². The topological polar surface area (TPSA) is 73.1 Å². The van der Waals surface area contributed by atoms with Gasteiger partial charge in [0.05, 0.1) is 24.7 Å². The number of anilines is 1. The van der Waals surface area contributed by atoms with Crippen molar-refractivity contribution >= 4 is 17.6 Å². The van der Waals surface area contributed by atoms with Crippen LogP contribution in [-0.4, -0.2) is 29.4 Å². The normalized spacial score (nSPS) is 10.1. The molecule has 3 N–H and O–H groups in total. The molecular formula is C8H14N4OS. The molecule has 0 saturated heterocycles. The van der Waals surface area contributed by atoms with Gasteiger partial charge in [-0.05, 0) is 0 Å². The number of hydrogen-bond acceptors (Lipinski definition) is 6. The quantitative estimate of drug-likeness (QED) is 0.411. The number of aromatic nitrogens is 2. The fraction of sp³-hybridized carbons (Fsp3) is 0.500. The van der Waals surface area contributed by atoms with Gasteiger partial charge in [-0.3, -0.25) is 4.98 Å². The summed E-state index contributed by atoms with van der Waals surface area (Å²) in [6, 6.07) is 0. The second kappa shape index (κ2) is 6.58. The van der Waals surface area contributed by atoms with Crippen LogP contribution in [0.25, 0.3) is 0 Å². The standard InChI is InChI=1S/C8H14N4OS/c1-13-2-3-14-6-7-4-11-8(12-9)5-10-7/h4-5H,2-3,6,9H2,1H3,(H,11,12). The van der Waals surface area contributed by atoms with E-state index in [4.69, 9.17) is 10.6 Å². The lowest BCUT2D eigenvalue weighted by Crippen LogP contribution is -2.09. The molecule has 0 saturated carbocycles. The Kier molecular flexibility index (Phi) is 5.28. The molecule has 0 unspecified atom stereocenters. The lowest BCUT2D eigenvalue weighted by atomic mass is 10.5. The predicted octanol–water partition coefficient (Wildman–Crippen LogP) is 0.642. The molecule has 0 spiro atoms. The smallest absolute Gasteiger partial charge is 0.158 e. The summed E-state index contributed by atoms with van der Waals surface area (Å²) < 4.78 is 4.93. The highest BCUT2D eigenvalue weighted by Gasteiger charge is 1.96. The first-order valence-electron chi connectivity index (χ1n) is 4.21. The molecule has 0 bridgehead atoms. The lowest BCUT2D eigenvalue weighted by Gasteiger charge is -2.01. The van der Waals surface area contributed by atoms with Crippen molar-refractivity contribution in [2.45, 2.75) is 5.75 Å². The van der Waals surface area contributed by atoms with Crippen molar-refractivity contribution in [3.63, 3.8) is 0 Å². The second-order valence-electron chi connectivity index (χ2n) is 2.58. The van der Waals surface area contributed by atoms with Crippen LogP contribution in [0.2, 0.25) is 0 Å². The van der Waals surface area contributed by atoms with Crippen LogP contribution in [0.3, 0.4) is 0 Å². The van der Waals surface area contributed by atoms with Gasteiger partial charge < -0.3 is 10.2 Å². The molecule has 0 aliphatic carbocycles. The highest BCUT2D eigenvalue weighted by Crippen LogP contribution is 2.09. The number of ether oxygens (including phenoxy) is 1. The van der Waals surface area contributed by atoms with Crippen LogP contribution in [-0.2, 0) is 10.5 Å². The summed E-state index contributed by atoms with van der Waals surface area (Å²) in [5, 5.41) is 0. The van der Waals surface area contributed by atoms with Crippen molar-refractivity contribution in [2.75, 3.05) is 24.9 Å². The molecule has 0 amide bonds. The van der Waals surface area contributed by atoms with Crippen molar-refractivity contribution in [1.29, 1.82) is 0 Å². The van der Waals surface area contributed by atoms with Gasteiger partial charge >= 0.3 is 0 Å². The Bertz CT molecular complexity index is 254. The van der Waals surface area contributed by atoms with Crippen LogP contribution in [0.15, 0.2) is 12.4 Å². The number of thioether (sulfide) groups is 1. The van der Waals surface area contributed by atoms with Crippen LogP contribution < -0.4 is 11.3 Å². The first-order valence-corrected chi connectivity index (χ1v) is 5.36. The average molecular weight is 214 g/mol. The first kappa shape index (κ1) is 11.2. The van der Waals surface area contributed by atoms with Gasteiger partial charge in [-0.1, -0.05) is 0 Å². The number of nitrogens with zero attached hydrogens (tertiary/aromatic N) is 2. The van der Waals surface area contributed by atoms with Gasteiger partial charge in [-0.25, -0.2) is 10.8 Å². The minimum Gasteiger partial charge on any atom is -0.384 e. The highest BCUT2D eigenvalue weighted by molar-refractivity contribution is 7.98. The molecule has 6 heteroatoms. The maximum Gasteiger partial charge on any atom is 0.158 e. The Morgan fingerprint density at radius 1 is 1.50 bits per heavy atom. The summed E-state index contributed by atoms with van der Waals surface area (Å²) in [5.41, 5.74) is 3.38. The average Bonchev–Trinajstić information content (AvgIpc) is 2.25. The number of hydrogen-bond donors (Lipinski definition) is 2. The van der Waals surface area contributed by atoms with Crippen molar-refractivity contribution in [2.24, 2.45) is 5.84 Å². The van der Waals surface area contributed by atoms with Crippen molar-refractivity contribution in [3.05, 3.63) is 18.1 Å². The van der Waals surface area contributed by atoms with Crippen LogP contribution in [0.4, 0.5) is 5.82 Å². The van der Waals surface area contributed by atoms with Crippen LogP contribution in [0, 0.1) is 0 Å². The molecule has 0 aromatic carbocycles. The summed E-state index contributed by atoms with van der Waals surface area (Å²) in [6.07, 6.45) is 3.33. The summed E-state index contributed by atoms with van der Waals surface area (Å²) in [4.78, 5) is 8.23. The highest BCUT2D eigenvalue weighted by atomic mass is 32.2.